The summed E-state index contributed by atoms with van der Waals surface area (Å²) in [5, 5.41) is 0. The molecule has 0 aliphatic carbocycles. The molecule has 19 heavy (non-hydrogen) atoms. The predicted octanol–water partition coefficient (Wildman–Crippen LogP) is 2.32. The lowest BCUT2D eigenvalue weighted by atomic mass is 9.82. The number of carbonyl (C=O) groups excluding carboxylic acids is 2. The molecule has 1 rings (SSSR count). The molecule has 0 aromatic rings. The van der Waals surface area contributed by atoms with E-state index >= 15 is 0 Å². The van der Waals surface area contributed by atoms with Gasteiger partial charge >= 0.3 is 0 Å². The molecule has 0 bridgehead atoms. The molecule has 2 amide bonds. The van der Waals surface area contributed by atoms with E-state index in [4.69, 9.17) is 5.73 Å². The minimum atomic E-state index is -0.280. The molecule has 0 aromatic carbocycles. The van der Waals surface area contributed by atoms with Gasteiger partial charge in [0.25, 0.3) is 0 Å². The second-order valence-electron chi connectivity index (χ2n) is 6.74. The van der Waals surface area contributed by atoms with Gasteiger partial charge in [-0.05, 0) is 37.0 Å². The SMILES string of the molecule is CC1CN(C(=O)CCCCC(N)=O)CCC(C)(C)C1. The number of amides is 2. The summed E-state index contributed by atoms with van der Waals surface area (Å²) in [6, 6.07) is 0. The summed E-state index contributed by atoms with van der Waals surface area (Å²) in [6.07, 6.45) is 4.66. The maximum Gasteiger partial charge on any atom is 0.222 e. The summed E-state index contributed by atoms with van der Waals surface area (Å²) in [6.45, 7) is 8.53. The first kappa shape index (κ1) is 16.0. The Labute approximate surface area is 116 Å². The van der Waals surface area contributed by atoms with Crippen LogP contribution in [0.2, 0.25) is 0 Å². The van der Waals surface area contributed by atoms with Gasteiger partial charge in [0.15, 0.2) is 0 Å². The molecule has 1 aliphatic heterocycles. The monoisotopic (exact) mass is 268 g/mol. The summed E-state index contributed by atoms with van der Waals surface area (Å²) < 4.78 is 0. The number of hydrogen-bond acceptors (Lipinski definition) is 2. The van der Waals surface area contributed by atoms with Crippen LogP contribution < -0.4 is 5.73 Å². The van der Waals surface area contributed by atoms with Gasteiger partial charge in [0.05, 0.1) is 0 Å². The zero-order valence-corrected chi connectivity index (χ0v) is 12.6. The number of primary amides is 1. The molecule has 0 aromatic heterocycles. The maximum absolute atomic E-state index is 12.2. The first-order valence-corrected chi connectivity index (χ1v) is 7.36. The summed E-state index contributed by atoms with van der Waals surface area (Å²) in [4.78, 5) is 24.8. The third-order valence-electron chi connectivity index (χ3n) is 3.91. The van der Waals surface area contributed by atoms with Crippen LogP contribution >= 0.6 is 0 Å². The molecule has 1 atom stereocenters. The minimum Gasteiger partial charge on any atom is -0.370 e. The van der Waals surface area contributed by atoms with Crippen molar-refractivity contribution in [1.29, 1.82) is 0 Å². The first-order valence-electron chi connectivity index (χ1n) is 7.36. The highest BCUT2D eigenvalue weighted by Gasteiger charge is 2.28. The lowest BCUT2D eigenvalue weighted by Crippen LogP contribution is -2.34. The van der Waals surface area contributed by atoms with E-state index in [9.17, 15) is 9.59 Å². The minimum absolute atomic E-state index is 0.231. The van der Waals surface area contributed by atoms with Crippen LogP contribution in [0.15, 0.2) is 0 Å². The van der Waals surface area contributed by atoms with E-state index in [1.807, 2.05) is 4.90 Å². The van der Waals surface area contributed by atoms with Crippen LogP contribution in [0.25, 0.3) is 0 Å². The highest BCUT2D eigenvalue weighted by Crippen LogP contribution is 2.32. The molecule has 4 nitrogen and oxygen atoms in total. The van der Waals surface area contributed by atoms with Gasteiger partial charge in [0.1, 0.15) is 0 Å². The Morgan fingerprint density at radius 3 is 2.53 bits per heavy atom. The van der Waals surface area contributed by atoms with Crippen LogP contribution in [-0.2, 0) is 9.59 Å². The number of hydrogen-bond donors (Lipinski definition) is 1. The van der Waals surface area contributed by atoms with Crippen LogP contribution in [0.4, 0.5) is 0 Å². The number of likely N-dealkylation sites (tertiary alicyclic amines) is 1. The van der Waals surface area contributed by atoms with Crippen molar-refractivity contribution in [1.82, 2.24) is 4.90 Å². The number of nitrogens with two attached hydrogens (primary N) is 1. The van der Waals surface area contributed by atoms with Gasteiger partial charge in [0, 0.05) is 25.9 Å². The fourth-order valence-electron chi connectivity index (χ4n) is 2.98. The van der Waals surface area contributed by atoms with Crippen molar-refractivity contribution in [3.05, 3.63) is 0 Å². The van der Waals surface area contributed by atoms with E-state index in [2.05, 4.69) is 20.8 Å². The Kier molecular flexibility index (Phi) is 5.83. The van der Waals surface area contributed by atoms with Gasteiger partial charge in [0.2, 0.25) is 11.8 Å². The number of unbranched alkanes of at least 4 members (excludes halogenated alkanes) is 1. The summed E-state index contributed by atoms with van der Waals surface area (Å²) in [7, 11) is 0. The van der Waals surface area contributed by atoms with E-state index in [-0.39, 0.29) is 11.8 Å². The largest absolute Gasteiger partial charge is 0.370 e. The van der Waals surface area contributed by atoms with Crippen molar-refractivity contribution in [2.45, 2.75) is 59.3 Å². The fraction of sp³-hybridized carbons (Fsp3) is 0.867. The number of nitrogens with zero attached hydrogens (tertiary/aromatic N) is 1. The Hall–Kier alpha value is -1.06. The molecule has 1 aliphatic rings. The highest BCUT2D eigenvalue weighted by atomic mass is 16.2. The van der Waals surface area contributed by atoms with E-state index < -0.39 is 0 Å². The third kappa shape index (κ3) is 6.08. The van der Waals surface area contributed by atoms with Gasteiger partial charge in [-0.15, -0.1) is 0 Å². The highest BCUT2D eigenvalue weighted by molar-refractivity contribution is 5.76. The lowest BCUT2D eigenvalue weighted by Gasteiger charge is -2.23. The molecule has 1 heterocycles. The Morgan fingerprint density at radius 1 is 1.26 bits per heavy atom. The van der Waals surface area contributed by atoms with Gasteiger partial charge < -0.3 is 10.6 Å². The summed E-state index contributed by atoms with van der Waals surface area (Å²) in [5.41, 5.74) is 5.42. The van der Waals surface area contributed by atoms with E-state index in [0.717, 1.165) is 32.4 Å². The van der Waals surface area contributed by atoms with Crippen molar-refractivity contribution in [2.24, 2.45) is 17.1 Å². The molecular formula is C15H28N2O2. The van der Waals surface area contributed by atoms with Crippen LogP contribution in [0.1, 0.15) is 59.3 Å². The van der Waals surface area contributed by atoms with E-state index in [1.165, 1.54) is 6.42 Å². The van der Waals surface area contributed by atoms with Crippen molar-refractivity contribution < 1.29 is 9.59 Å². The zero-order chi connectivity index (χ0) is 14.5. The van der Waals surface area contributed by atoms with Gasteiger partial charge in [-0.2, -0.15) is 0 Å². The van der Waals surface area contributed by atoms with Gasteiger partial charge in [-0.25, -0.2) is 0 Å². The van der Waals surface area contributed by atoms with Crippen molar-refractivity contribution >= 4 is 11.8 Å². The van der Waals surface area contributed by atoms with Gasteiger partial charge in [-0.1, -0.05) is 20.8 Å². The normalized spacial score (nSPS) is 22.9. The molecule has 0 saturated carbocycles. The Bertz CT molecular complexity index is 326. The van der Waals surface area contributed by atoms with Crippen LogP contribution in [0.5, 0.6) is 0 Å². The van der Waals surface area contributed by atoms with Crippen molar-refractivity contribution in [3.8, 4) is 0 Å². The third-order valence-corrected chi connectivity index (χ3v) is 3.91. The Morgan fingerprint density at radius 2 is 1.89 bits per heavy atom. The van der Waals surface area contributed by atoms with Crippen LogP contribution in [0, 0.1) is 11.3 Å². The molecule has 110 valence electrons. The maximum atomic E-state index is 12.2. The quantitative estimate of drug-likeness (QED) is 0.778. The van der Waals surface area contributed by atoms with E-state index in [1.54, 1.807) is 0 Å². The average Bonchev–Trinajstić information content (AvgIpc) is 2.41. The molecule has 1 saturated heterocycles. The summed E-state index contributed by atoms with van der Waals surface area (Å²) >= 11 is 0. The topological polar surface area (TPSA) is 63.4 Å². The van der Waals surface area contributed by atoms with Crippen molar-refractivity contribution in [2.75, 3.05) is 13.1 Å². The van der Waals surface area contributed by atoms with Crippen LogP contribution in [0.3, 0.4) is 0 Å². The molecule has 2 N–H and O–H groups in total. The fourth-order valence-corrected chi connectivity index (χ4v) is 2.98. The van der Waals surface area contributed by atoms with E-state index in [0.29, 0.717) is 24.2 Å². The average molecular weight is 268 g/mol. The Balaban J connectivity index is 2.37. The van der Waals surface area contributed by atoms with Crippen molar-refractivity contribution in [3.63, 3.8) is 0 Å². The molecule has 4 heteroatoms. The zero-order valence-electron chi connectivity index (χ0n) is 12.6. The second kappa shape index (κ2) is 6.92. The smallest absolute Gasteiger partial charge is 0.222 e. The molecule has 0 radical (unpaired) electrons. The molecule has 0 spiro atoms. The number of carbonyl (C=O) groups is 2. The molecule has 1 unspecified atom stereocenters. The molecule has 1 fully saturated rings. The second-order valence-corrected chi connectivity index (χ2v) is 6.74. The first-order chi connectivity index (χ1) is 8.80. The lowest BCUT2D eigenvalue weighted by molar-refractivity contribution is -0.132. The number of rotatable bonds is 5. The molecular weight excluding hydrogens is 240 g/mol. The van der Waals surface area contributed by atoms with Crippen LogP contribution in [-0.4, -0.2) is 29.8 Å². The summed E-state index contributed by atoms with van der Waals surface area (Å²) in [5.74, 6) is 0.513. The van der Waals surface area contributed by atoms with Gasteiger partial charge in [-0.3, -0.25) is 9.59 Å². The predicted molar refractivity (Wildman–Crippen MR) is 76.4 cm³/mol. The standard InChI is InChI=1S/C15H28N2O2/c1-12-10-15(2,3)8-9-17(11-12)14(19)7-5-4-6-13(16)18/h12H,4-11H2,1-3H3,(H2,16,18).